The maximum atomic E-state index is 12.3. The third-order valence-corrected chi connectivity index (χ3v) is 3.09. The van der Waals surface area contributed by atoms with E-state index in [1.54, 1.807) is 24.3 Å². The average Bonchev–Trinajstić information content (AvgIpc) is 2.37. The van der Waals surface area contributed by atoms with Gasteiger partial charge in [-0.15, -0.1) is 13.2 Å². The minimum Gasteiger partial charge on any atom is -0.406 e. The highest BCUT2D eigenvalue weighted by molar-refractivity contribution is 6.30. The second kappa shape index (κ2) is 6.37. The molecule has 2 aromatic carbocycles. The van der Waals surface area contributed by atoms with Crippen LogP contribution >= 0.6 is 11.6 Å². The van der Waals surface area contributed by atoms with E-state index in [9.17, 15) is 13.2 Å². The molecule has 0 unspecified atom stereocenters. The van der Waals surface area contributed by atoms with Crippen LogP contribution in [0, 0.1) is 0 Å². The molecule has 0 heterocycles. The van der Waals surface area contributed by atoms with Crippen molar-refractivity contribution in [1.82, 2.24) is 0 Å². The predicted molar refractivity (Wildman–Crippen MR) is 76.3 cm³/mol. The molecule has 0 saturated carbocycles. The van der Waals surface area contributed by atoms with E-state index in [-0.39, 0.29) is 5.75 Å². The molecule has 0 fully saturated rings. The van der Waals surface area contributed by atoms with Gasteiger partial charge in [-0.1, -0.05) is 29.8 Å². The number of rotatable bonds is 4. The van der Waals surface area contributed by atoms with Gasteiger partial charge in [0.15, 0.2) is 0 Å². The summed E-state index contributed by atoms with van der Waals surface area (Å²) in [6.07, 6.45) is -4.13. The van der Waals surface area contributed by atoms with Gasteiger partial charge in [-0.25, -0.2) is 0 Å². The molecule has 0 spiro atoms. The molecule has 0 radical (unpaired) electrons. The summed E-state index contributed by atoms with van der Waals surface area (Å²) in [6.45, 7) is 0.423. The van der Waals surface area contributed by atoms with Gasteiger partial charge in [0.05, 0.1) is 0 Å². The van der Waals surface area contributed by atoms with E-state index in [0.29, 0.717) is 23.6 Å². The fourth-order valence-electron chi connectivity index (χ4n) is 2.07. The van der Waals surface area contributed by atoms with Gasteiger partial charge in [0, 0.05) is 5.02 Å². The van der Waals surface area contributed by atoms with Crippen molar-refractivity contribution >= 4 is 11.6 Å². The summed E-state index contributed by atoms with van der Waals surface area (Å²) in [5.41, 5.74) is 7.85. The SMILES string of the molecule is NCCc1cc(Cl)ccc1-c1cccc(OC(F)(F)F)c1. The fraction of sp³-hybridized carbons (Fsp3) is 0.200. The van der Waals surface area contributed by atoms with Crippen molar-refractivity contribution in [2.75, 3.05) is 6.54 Å². The summed E-state index contributed by atoms with van der Waals surface area (Å²) in [5, 5.41) is 0.560. The molecule has 2 rings (SSSR count). The Kier molecular flexibility index (Phi) is 4.75. The summed E-state index contributed by atoms with van der Waals surface area (Å²) in [4.78, 5) is 0. The summed E-state index contributed by atoms with van der Waals surface area (Å²) in [7, 11) is 0. The fourth-order valence-corrected chi connectivity index (χ4v) is 2.26. The number of nitrogens with two attached hydrogens (primary N) is 1. The topological polar surface area (TPSA) is 35.2 Å². The number of hydrogen-bond donors (Lipinski definition) is 1. The van der Waals surface area contributed by atoms with Crippen LogP contribution in [-0.2, 0) is 6.42 Å². The van der Waals surface area contributed by atoms with Gasteiger partial charge in [-0.2, -0.15) is 0 Å². The average molecular weight is 316 g/mol. The van der Waals surface area contributed by atoms with Crippen LogP contribution in [-0.4, -0.2) is 12.9 Å². The molecule has 0 aliphatic carbocycles. The van der Waals surface area contributed by atoms with Crippen molar-refractivity contribution in [1.29, 1.82) is 0 Å². The first kappa shape index (κ1) is 15.7. The number of halogens is 4. The van der Waals surface area contributed by atoms with E-state index >= 15 is 0 Å². The van der Waals surface area contributed by atoms with E-state index in [0.717, 1.165) is 11.1 Å². The molecular formula is C15H13ClF3NO. The molecule has 6 heteroatoms. The highest BCUT2D eigenvalue weighted by Gasteiger charge is 2.31. The van der Waals surface area contributed by atoms with Crippen molar-refractivity contribution in [2.45, 2.75) is 12.8 Å². The molecule has 0 saturated heterocycles. The molecule has 0 aliphatic rings. The van der Waals surface area contributed by atoms with Crippen LogP contribution in [0.3, 0.4) is 0 Å². The van der Waals surface area contributed by atoms with Crippen LogP contribution < -0.4 is 10.5 Å². The quantitative estimate of drug-likeness (QED) is 0.907. The van der Waals surface area contributed by atoms with Crippen molar-refractivity contribution in [3.05, 3.63) is 53.1 Å². The van der Waals surface area contributed by atoms with Gasteiger partial charge in [0.25, 0.3) is 0 Å². The van der Waals surface area contributed by atoms with Crippen LogP contribution in [0.25, 0.3) is 11.1 Å². The minimum absolute atomic E-state index is 0.256. The first-order chi connectivity index (χ1) is 9.89. The third-order valence-electron chi connectivity index (χ3n) is 2.86. The Morgan fingerprint density at radius 1 is 1.10 bits per heavy atom. The summed E-state index contributed by atoms with van der Waals surface area (Å²) in [6, 6.07) is 11.0. The van der Waals surface area contributed by atoms with Crippen LogP contribution in [0.1, 0.15) is 5.56 Å². The number of benzene rings is 2. The molecule has 0 aliphatic heterocycles. The van der Waals surface area contributed by atoms with E-state index < -0.39 is 6.36 Å². The van der Waals surface area contributed by atoms with Gasteiger partial charge < -0.3 is 10.5 Å². The second-order valence-electron chi connectivity index (χ2n) is 4.42. The van der Waals surface area contributed by atoms with Gasteiger partial charge in [0.1, 0.15) is 5.75 Å². The zero-order chi connectivity index (χ0) is 15.5. The van der Waals surface area contributed by atoms with Crippen molar-refractivity contribution in [2.24, 2.45) is 5.73 Å². The van der Waals surface area contributed by atoms with Crippen molar-refractivity contribution < 1.29 is 17.9 Å². The van der Waals surface area contributed by atoms with Crippen molar-refractivity contribution in [3.8, 4) is 16.9 Å². The Labute approximate surface area is 125 Å². The molecule has 2 aromatic rings. The lowest BCUT2D eigenvalue weighted by atomic mass is 9.97. The lowest BCUT2D eigenvalue weighted by Gasteiger charge is -2.13. The molecular weight excluding hydrogens is 303 g/mol. The van der Waals surface area contributed by atoms with E-state index in [4.69, 9.17) is 17.3 Å². The maximum absolute atomic E-state index is 12.3. The Bertz CT molecular complexity index is 629. The second-order valence-corrected chi connectivity index (χ2v) is 4.85. The van der Waals surface area contributed by atoms with Crippen LogP contribution in [0.4, 0.5) is 13.2 Å². The molecule has 0 bridgehead atoms. The molecule has 2 nitrogen and oxygen atoms in total. The normalized spacial score (nSPS) is 11.5. The minimum atomic E-state index is -4.71. The molecule has 112 valence electrons. The van der Waals surface area contributed by atoms with Crippen LogP contribution in [0.2, 0.25) is 5.02 Å². The Morgan fingerprint density at radius 3 is 2.52 bits per heavy atom. The molecule has 2 N–H and O–H groups in total. The molecule has 21 heavy (non-hydrogen) atoms. The largest absolute Gasteiger partial charge is 0.573 e. The highest BCUT2D eigenvalue weighted by Crippen LogP contribution is 2.31. The summed E-state index contributed by atoms with van der Waals surface area (Å²) < 4.78 is 40.8. The van der Waals surface area contributed by atoms with Crippen molar-refractivity contribution in [3.63, 3.8) is 0 Å². The van der Waals surface area contributed by atoms with Gasteiger partial charge in [0.2, 0.25) is 0 Å². The number of alkyl halides is 3. The Hall–Kier alpha value is -1.72. The summed E-state index contributed by atoms with van der Waals surface area (Å²) in [5.74, 6) is -0.256. The Balaban J connectivity index is 2.40. The van der Waals surface area contributed by atoms with Crippen LogP contribution in [0.15, 0.2) is 42.5 Å². The first-order valence-corrected chi connectivity index (χ1v) is 6.61. The molecule has 0 atom stereocenters. The van der Waals surface area contributed by atoms with Gasteiger partial charge in [-0.05, 0) is 53.9 Å². The molecule has 0 amide bonds. The first-order valence-electron chi connectivity index (χ1n) is 6.24. The van der Waals surface area contributed by atoms with E-state index in [1.165, 1.54) is 18.2 Å². The van der Waals surface area contributed by atoms with Gasteiger partial charge in [-0.3, -0.25) is 0 Å². The predicted octanol–water partition coefficient (Wildman–Crippen LogP) is 4.41. The standard InChI is InChI=1S/C15H13ClF3NO/c16-12-4-5-14(11(8-12)6-7-20)10-2-1-3-13(9-10)21-15(17,18)19/h1-5,8-9H,6-7,20H2. The smallest absolute Gasteiger partial charge is 0.406 e. The maximum Gasteiger partial charge on any atom is 0.573 e. The number of ether oxygens (including phenoxy) is 1. The van der Waals surface area contributed by atoms with E-state index in [1.807, 2.05) is 0 Å². The zero-order valence-electron chi connectivity index (χ0n) is 11.0. The van der Waals surface area contributed by atoms with Gasteiger partial charge >= 0.3 is 6.36 Å². The Morgan fingerprint density at radius 2 is 1.86 bits per heavy atom. The zero-order valence-corrected chi connectivity index (χ0v) is 11.7. The summed E-state index contributed by atoms with van der Waals surface area (Å²) >= 11 is 5.94. The van der Waals surface area contributed by atoms with Crippen LogP contribution in [0.5, 0.6) is 5.75 Å². The lowest BCUT2D eigenvalue weighted by molar-refractivity contribution is -0.274. The monoisotopic (exact) mass is 315 g/mol. The highest BCUT2D eigenvalue weighted by atomic mass is 35.5. The van der Waals surface area contributed by atoms with E-state index in [2.05, 4.69) is 4.74 Å². The lowest BCUT2D eigenvalue weighted by Crippen LogP contribution is -2.17. The third kappa shape index (κ3) is 4.37. The molecule has 0 aromatic heterocycles. The number of hydrogen-bond acceptors (Lipinski definition) is 2.